The van der Waals surface area contributed by atoms with Crippen molar-refractivity contribution < 1.29 is 13.2 Å². The summed E-state index contributed by atoms with van der Waals surface area (Å²) in [6.07, 6.45) is 2.54. The lowest BCUT2D eigenvalue weighted by Gasteiger charge is -2.21. The van der Waals surface area contributed by atoms with E-state index in [0.29, 0.717) is 5.69 Å². The first-order valence-corrected chi connectivity index (χ1v) is 10.0. The topological polar surface area (TPSA) is 78.8 Å². The van der Waals surface area contributed by atoms with Gasteiger partial charge in [0.2, 0.25) is 10.0 Å². The van der Waals surface area contributed by atoms with Crippen LogP contribution >= 0.6 is 15.9 Å². The minimum Gasteiger partial charge on any atom is -0.271 e. The van der Waals surface area contributed by atoms with Crippen LogP contribution in [0, 0.1) is 6.92 Å². The Morgan fingerprint density at radius 1 is 1.20 bits per heavy atom. The number of anilines is 1. The SMILES string of the molecule is Cc1ccc(N(CC(=O)N/N=C\c2ccccc2Br)S(C)(=O)=O)cc1. The number of rotatable bonds is 6. The molecule has 2 rings (SSSR count). The zero-order chi connectivity index (χ0) is 18.4. The van der Waals surface area contributed by atoms with Crippen LogP contribution in [0.5, 0.6) is 0 Å². The van der Waals surface area contributed by atoms with Crippen LogP contribution in [-0.2, 0) is 14.8 Å². The maximum absolute atomic E-state index is 12.1. The number of carbonyl (C=O) groups excluding carboxylic acids is 1. The number of halogens is 1. The van der Waals surface area contributed by atoms with Crippen molar-refractivity contribution in [3.63, 3.8) is 0 Å². The normalized spacial score (nSPS) is 11.5. The van der Waals surface area contributed by atoms with Gasteiger partial charge in [-0.2, -0.15) is 5.10 Å². The van der Waals surface area contributed by atoms with Gasteiger partial charge in [-0.1, -0.05) is 51.8 Å². The second kappa shape index (κ2) is 8.26. The summed E-state index contributed by atoms with van der Waals surface area (Å²) in [7, 11) is -3.60. The molecule has 0 saturated carbocycles. The number of hydrogen-bond donors (Lipinski definition) is 1. The van der Waals surface area contributed by atoms with Crippen molar-refractivity contribution in [3.8, 4) is 0 Å². The number of carbonyl (C=O) groups is 1. The summed E-state index contributed by atoms with van der Waals surface area (Å²) in [5, 5.41) is 3.87. The molecule has 0 fully saturated rings. The molecule has 0 heterocycles. The Kier molecular flexibility index (Phi) is 6.33. The molecule has 8 heteroatoms. The third-order valence-corrected chi connectivity index (χ3v) is 5.17. The van der Waals surface area contributed by atoms with E-state index in [1.807, 2.05) is 31.2 Å². The number of hydrogen-bond acceptors (Lipinski definition) is 4. The quantitative estimate of drug-likeness (QED) is 0.572. The lowest BCUT2D eigenvalue weighted by molar-refractivity contribution is -0.119. The fourth-order valence-electron chi connectivity index (χ4n) is 2.03. The van der Waals surface area contributed by atoms with E-state index in [4.69, 9.17) is 0 Å². The maximum Gasteiger partial charge on any atom is 0.260 e. The zero-order valence-electron chi connectivity index (χ0n) is 13.8. The van der Waals surface area contributed by atoms with Crippen LogP contribution in [0.4, 0.5) is 5.69 Å². The van der Waals surface area contributed by atoms with Gasteiger partial charge < -0.3 is 0 Å². The smallest absolute Gasteiger partial charge is 0.260 e. The monoisotopic (exact) mass is 423 g/mol. The summed E-state index contributed by atoms with van der Waals surface area (Å²) in [6.45, 7) is 1.55. The highest BCUT2D eigenvalue weighted by Crippen LogP contribution is 2.18. The Hall–Kier alpha value is -2.19. The highest BCUT2D eigenvalue weighted by molar-refractivity contribution is 9.10. The summed E-state index contributed by atoms with van der Waals surface area (Å²) in [6, 6.07) is 14.3. The van der Waals surface area contributed by atoms with Gasteiger partial charge in [-0.05, 0) is 25.1 Å². The molecule has 0 aromatic heterocycles. The minimum absolute atomic E-state index is 0.352. The molecule has 132 valence electrons. The van der Waals surface area contributed by atoms with Crippen molar-refractivity contribution in [2.24, 2.45) is 5.10 Å². The van der Waals surface area contributed by atoms with Gasteiger partial charge in [0.15, 0.2) is 0 Å². The van der Waals surface area contributed by atoms with E-state index in [1.54, 1.807) is 24.3 Å². The van der Waals surface area contributed by atoms with Gasteiger partial charge in [0.05, 0.1) is 18.2 Å². The molecule has 2 aromatic rings. The van der Waals surface area contributed by atoms with Crippen molar-refractivity contribution >= 4 is 43.8 Å². The van der Waals surface area contributed by atoms with Crippen molar-refractivity contribution in [2.75, 3.05) is 17.1 Å². The number of sulfonamides is 1. The molecule has 0 aliphatic rings. The van der Waals surface area contributed by atoms with Crippen LogP contribution in [0.25, 0.3) is 0 Å². The van der Waals surface area contributed by atoms with Crippen molar-refractivity contribution in [3.05, 3.63) is 64.1 Å². The standard InChI is InChI=1S/C17H18BrN3O3S/c1-13-7-9-15(10-8-13)21(25(2,23)24)12-17(22)20-19-11-14-5-3-4-6-16(14)18/h3-11H,12H2,1-2H3,(H,20,22)/b19-11-. The van der Waals surface area contributed by atoms with Crippen LogP contribution < -0.4 is 9.73 Å². The molecule has 0 radical (unpaired) electrons. The molecule has 1 amide bonds. The molecular formula is C17H18BrN3O3S. The van der Waals surface area contributed by atoms with Gasteiger partial charge in [0, 0.05) is 10.0 Å². The highest BCUT2D eigenvalue weighted by Gasteiger charge is 2.20. The fraction of sp³-hybridized carbons (Fsp3) is 0.176. The zero-order valence-corrected chi connectivity index (χ0v) is 16.2. The van der Waals surface area contributed by atoms with E-state index in [2.05, 4.69) is 26.5 Å². The third kappa shape index (κ3) is 5.68. The number of aryl methyl sites for hydroxylation is 1. The lowest BCUT2D eigenvalue weighted by Crippen LogP contribution is -2.39. The number of nitrogens with zero attached hydrogens (tertiary/aromatic N) is 2. The molecule has 1 N–H and O–H groups in total. The van der Waals surface area contributed by atoms with Crippen LogP contribution in [0.15, 0.2) is 58.1 Å². The molecule has 0 unspecified atom stereocenters. The molecule has 0 aliphatic carbocycles. The summed E-state index contributed by atoms with van der Waals surface area (Å²) >= 11 is 3.37. The molecule has 0 saturated heterocycles. The summed E-state index contributed by atoms with van der Waals surface area (Å²) in [5.41, 5.74) is 4.57. The second-order valence-corrected chi connectivity index (χ2v) is 8.18. The van der Waals surface area contributed by atoms with Crippen LogP contribution in [0.3, 0.4) is 0 Å². The molecule has 0 bridgehead atoms. The second-order valence-electron chi connectivity index (χ2n) is 5.42. The lowest BCUT2D eigenvalue weighted by atomic mass is 10.2. The highest BCUT2D eigenvalue weighted by atomic mass is 79.9. The first-order chi connectivity index (χ1) is 11.8. The Balaban J connectivity index is 2.07. The fourth-order valence-corrected chi connectivity index (χ4v) is 3.27. The molecule has 0 atom stereocenters. The third-order valence-electron chi connectivity index (χ3n) is 3.31. The van der Waals surface area contributed by atoms with Crippen LogP contribution in [0.2, 0.25) is 0 Å². The molecule has 6 nitrogen and oxygen atoms in total. The largest absolute Gasteiger partial charge is 0.271 e. The summed E-state index contributed by atoms with van der Waals surface area (Å²) in [5.74, 6) is -0.533. The van der Waals surface area contributed by atoms with Gasteiger partial charge in [0.25, 0.3) is 5.91 Å². The Morgan fingerprint density at radius 2 is 1.84 bits per heavy atom. The van der Waals surface area contributed by atoms with Crippen molar-refractivity contribution in [1.29, 1.82) is 0 Å². The predicted molar refractivity (Wildman–Crippen MR) is 103 cm³/mol. The van der Waals surface area contributed by atoms with E-state index < -0.39 is 15.9 Å². The average molecular weight is 424 g/mol. The first-order valence-electron chi connectivity index (χ1n) is 7.38. The average Bonchev–Trinajstić information content (AvgIpc) is 2.54. The minimum atomic E-state index is -3.60. The predicted octanol–water partition coefficient (Wildman–Crippen LogP) is 2.67. The maximum atomic E-state index is 12.1. The molecular weight excluding hydrogens is 406 g/mol. The molecule has 0 aliphatic heterocycles. The van der Waals surface area contributed by atoms with E-state index in [1.165, 1.54) is 6.21 Å². The molecule has 2 aromatic carbocycles. The first kappa shape index (κ1) is 19.1. The number of benzene rings is 2. The number of nitrogens with one attached hydrogen (secondary N) is 1. The van der Waals surface area contributed by atoms with Gasteiger partial charge >= 0.3 is 0 Å². The molecule has 25 heavy (non-hydrogen) atoms. The van der Waals surface area contributed by atoms with Gasteiger partial charge in [0.1, 0.15) is 6.54 Å². The summed E-state index contributed by atoms with van der Waals surface area (Å²) in [4.78, 5) is 12.1. The van der Waals surface area contributed by atoms with E-state index in [-0.39, 0.29) is 6.54 Å². The molecule has 0 spiro atoms. The van der Waals surface area contributed by atoms with Crippen LogP contribution in [0.1, 0.15) is 11.1 Å². The van der Waals surface area contributed by atoms with Crippen molar-refractivity contribution in [2.45, 2.75) is 6.92 Å². The Morgan fingerprint density at radius 3 is 2.44 bits per heavy atom. The van der Waals surface area contributed by atoms with Gasteiger partial charge in [-0.25, -0.2) is 13.8 Å². The van der Waals surface area contributed by atoms with E-state index >= 15 is 0 Å². The summed E-state index contributed by atoms with van der Waals surface area (Å²) < 4.78 is 25.9. The van der Waals surface area contributed by atoms with Gasteiger partial charge in [-0.3, -0.25) is 9.10 Å². The van der Waals surface area contributed by atoms with E-state index in [0.717, 1.165) is 26.2 Å². The Bertz CT molecular complexity index is 880. The number of amides is 1. The van der Waals surface area contributed by atoms with E-state index in [9.17, 15) is 13.2 Å². The van der Waals surface area contributed by atoms with Crippen LogP contribution in [-0.4, -0.2) is 33.3 Å². The van der Waals surface area contributed by atoms with Crippen molar-refractivity contribution in [1.82, 2.24) is 5.43 Å². The van der Waals surface area contributed by atoms with Gasteiger partial charge in [-0.15, -0.1) is 0 Å². The number of hydrazone groups is 1. The Labute approximate surface area is 155 Å².